The number of aromatic nitrogens is 1. The van der Waals surface area contributed by atoms with E-state index in [2.05, 4.69) is 10.3 Å². The summed E-state index contributed by atoms with van der Waals surface area (Å²) < 4.78 is 0. The van der Waals surface area contributed by atoms with E-state index in [1.807, 2.05) is 52.0 Å². The lowest BCUT2D eigenvalue weighted by atomic mass is 10.1. The van der Waals surface area contributed by atoms with Gasteiger partial charge in [0.15, 0.2) is 0 Å². The average Bonchev–Trinajstić information content (AvgIpc) is 2.52. The van der Waals surface area contributed by atoms with Gasteiger partial charge >= 0.3 is 0 Å². The Morgan fingerprint density at radius 1 is 1.17 bits per heavy atom. The van der Waals surface area contributed by atoms with E-state index < -0.39 is 0 Å². The SMILES string of the molecule is CCNC(=O)CN(CC)C(=O)c1cc2cc(C)ccc2nc1C. The van der Waals surface area contributed by atoms with Crippen LogP contribution >= 0.6 is 0 Å². The van der Waals surface area contributed by atoms with Gasteiger partial charge in [0.25, 0.3) is 5.91 Å². The van der Waals surface area contributed by atoms with Gasteiger partial charge in [-0.25, -0.2) is 0 Å². The van der Waals surface area contributed by atoms with E-state index in [1.165, 1.54) is 4.90 Å². The number of likely N-dealkylation sites (N-methyl/N-ethyl adjacent to an activating group) is 2. The minimum atomic E-state index is -0.160. The van der Waals surface area contributed by atoms with E-state index in [0.29, 0.717) is 24.3 Å². The van der Waals surface area contributed by atoms with Gasteiger partial charge in [-0.3, -0.25) is 14.6 Å². The van der Waals surface area contributed by atoms with E-state index >= 15 is 0 Å². The highest BCUT2D eigenvalue weighted by molar-refractivity contribution is 6.00. The molecule has 0 atom stereocenters. The van der Waals surface area contributed by atoms with Gasteiger partial charge in [0.05, 0.1) is 23.3 Å². The number of hydrogen-bond acceptors (Lipinski definition) is 3. The van der Waals surface area contributed by atoms with Crippen LogP contribution in [-0.4, -0.2) is 41.3 Å². The van der Waals surface area contributed by atoms with Crippen molar-refractivity contribution in [1.82, 2.24) is 15.2 Å². The molecule has 0 saturated heterocycles. The van der Waals surface area contributed by atoms with Crippen LogP contribution in [0.25, 0.3) is 10.9 Å². The summed E-state index contributed by atoms with van der Waals surface area (Å²) in [6, 6.07) is 7.84. The van der Waals surface area contributed by atoms with Crippen LogP contribution in [0.1, 0.15) is 35.5 Å². The molecule has 0 spiro atoms. The Bertz CT molecular complexity index is 740. The van der Waals surface area contributed by atoms with Gasteiger partial charge in [-0.15, -0.1) is 0 Å². The van der Waals surface area contributed by atoms with Gasteiger partial charge < -0.3 is 10.2 Å². The highest BCUT2D eigenvalue weighted by Crippen LogP contribution is 2.19. The zero-order chi connectivity index (χ0) is 17.0. The number of rotatable bonds is 5. The van der Waals surface area contributed by atoms with Crippen LogP contribution in [0.15, 0.2) is 24.3 Å². The normalized spacial score (nSPS) is 10.6. The van der Waals surface area contributed by atoms with E-state index in [9.17, 15) is 9.59 Å². The van der Waals surface area contributed by atoms with Crippen LogP contribution in [0, 0.1) is 13.8 Å². The van der Waals surface area contributed by atoms with Crippen LogP contribution in [-0.2, 0) is 4.79 Å². The summed E-state index contributed by atoms with van der Waals surface area (Å²) in [6.45, 7) is 8.65. The fourth-order valence-electron chi connectivity index (χ4n) is 2.53. The molecule has 2 aromatic rings. The van der Waals surface area contributed by atoms with Crippen LogP contribution < -0.4 is 5.32 Å². The molecule has 0 saturated carbocycles. The molecule has 23 heavy (non-hydrogen) atoms. The van der Waals surface area contributed by atoms with Gasteiger partial charge in [-0.05, 0) is 45.9 Å². The third-order valence-corrected chi connectivity index (χ3v) is 3.77. The summed E-state index contributed by atoms with van der Waals surface area (Å²) in [5.41, 5.74) is 3.22. The van der Waals surface area contributed by atoms with Gasteiger partial charge in [-0.1, -0.05) is 11.6 Å². The number of nitrogens with zero attached hydrogens (tertiary/aromatic N) is 2. The summed E-state index contributed by atoms with van der Waals surface area (Å²) in [5.74, 6) is -0.308. The summed E-state index contributed by atoms with van der Waals surface area (Å²) >= 11 is 0. The molecule has 122 valence electrons. The smallest absolute Gasteiger partial charge is 0.256 e. The first-order valence-corrected chi connectivity index (χ1v) is 7.90. The lowest BCUT2D eigenvalue weighted by molar-refractivity contribution is -0.121. The molecule has 2 rings (SSSR count). The molecule has 0 fully saturated rings. The average molecular weight is 313 g/mol. The van der Waals surface area contributed by atoms with Gasteiger partial charge in [0, 0.05) is 18.5 Å². The predicted molar refractivity (Wildman–Crippen MR) is 91.5 cm³/mol. The molecule has 0 bridgehead atoms. The number of fused-ring (bicyclic) bond motifs is 1. The first-order valence-electron chi connectivity index (χ1n) is 7.90. The highest BCUT2D eigenvalue weighted by Gasteiger charge is 2.20. The Balaban J connectivity index is 2.34. The largest absolute Gasteiger partial charge is 0.355 e. The lowest BCUT2D eigenvalue weighted by Crippen LogP contribution is -2.40. The van der Waals surface area contributed by atoms with Crippen LogP contribution in [0.5, 0.6) is 0 Å². The van der Waals surface area contributed by atoms with Crippen molar-refractivity contribution in [2.24, 2.45) is 0 Å². The third kappa shape index (κ3) is 3.86. The molecule has 1 aromatic carbocycles. The standard InChI is InChI=1S/C18H23N3O2/c1-5-19-17(22)11-21(6-2)18(23)15-10-14-9-12(3)7-8-16(14)20-13(15)4/h7-10H,5-6,11H2,1-4H3,(H,19,22). The quantitative estimate of drug-likeness (QED) is 0.922. The second-order valence-corrected chi connectivity index (χ2v) is 5.59. The number of carbonyl (C=O) groups is 2. The molecule has 0 aliphatic carbocycles. The molecule has 1 heterocycles. The summed E-state index contributed by atoms with van der Waals surface area (Å²) in [7, 11) is 0. The second-order valence-electron chi connectivity index (χ2n) is 5.59. The van der Waals surface area contributed by atoms with E-state index in [4.69, 9.17) is 0 Å². The zero-order valence-corrected chi connectivity index (χ0v) is 14.1. The van der Waals surface area contributed by atoms with Crippen molar-refractivity contribution in [2.45, 2.75) is 27.7 Å². The number of pyridine rings is 1. The molecule has 1 N–H and O–H groups in total. The minimum absolute atomic E-state index is 0.0640. The number of amides is 2. The van der Waals surface area contributed by atoms with Crippen molar-refractivity contribution in [3.63, 3.8) is 0 Å². The fraction of sp³-hybridized carbons (Fsp3) is 0.389. The van der Waals surface area contributed by atoms with E-state index in [1.54, 1.807) is 0 Å². The van der Waals surface area contributed by atoms with Gasteiger partial charge in [0.2, 0.25) is 5.91 Å². The third-order valence-electron chi connectivity index (χ3n) is 3.77. The van der Waals surface area contributed by atoms with Crippen LogP contribution in [0.4, 0.5) is 0 Å². The first-order chi connectivity index (χ1) is 11.0. The summed E-state index contributed by atoms with van der Waals surface area (Å²) in [4.78, 5) is 30.6. The van der Waals surface area contributed by atoms with Crippen LogP contribution in [0.3, 0.4) is 0 Å². The second kappa shape index (κ2) is 7.22. The Kier molecular flexibility index (Phi) is 5.32. The molecule has 0 unspecified atom stereocenters. The highest BCUT2D eigenvalue weighted by atomic mass is 16.2. The summed E-state index contributed by atoms with van der Waals surface area (Å²) in [6.07, 6.45) is 0. The minimum Gasteiger partial charge on any atom is -0.355 e. The molecule has 0 radical (unpaired) electrons. The maximum absolute atomic E-state index is 12.8. The predicted octanol–water partition coefficient (Wildman–Crippen LogP) is 2.45. The van der Waals surface area contributed by atoms with E-state index in [-0.39, 0.29) is 18.4 Å². The van der Waals surface area contributed by atoms with Gasteiger partial charge in [0.1, 0.15) is 0 Å². The molecule has 5 nitrogen and oxygen atoms in total. The van der Waals surface area contributed by atoms with Crippen molar-refractivity contribution >= 4 is 22.7 Å². The molecule has 1 aromatic heterocycles. The molecular weight excluding hydrogens is 290 g/mol. The molecular formula is C18H23N3O2. The Morgan fingerprint density at radius 2 is 1.91 bits per heavy atom. The molecule has 0 aliphatic rings. The van der Waals surface area contributed by atoms with Crippen molar-refractivity contribution in [1.29, 1.82) is 0 Å². The molecule has 2 amide bonds. The van der Waals surface area contributed by atoms with Crippen molar-refractivity contribution < 1.29 is 9.59 Å². The lowest BCUT2D eigenvalue weighted by Gasteiger charge is -2.21. The maximum atomic E-state index is 12.8. The number of nitrogens with one attached hydrogen (secondary N) is 1. The number of carbonyl (C=O) groups excluding carboxylic acids is 2. The number of hydrogen-bond donors (Lipinski definition) is 1. The van der Waals surface area contributed by atoms with E-state index in [0.717, 1.165) is 16.5 Å². The van der Waals surface area contributed by atoms with Crippen molar-refractivity contribution in [2.75, 3.05) is 19.6 Å². The monoisotopic (exact) mass is 313 g/mol. The Morgan fingerprint density at radius 3 is 2.57 bits per heavy atom. The summed E-state index contributed by atoms with van der Waals surface area (Å²) in [5, 5.41) is 3.66. The Hall–Kier alpha value is -2.43. The van der Waals surface area contributed by atoms with Crippen LogP contribution in [0.2, 0.25) is 0 Å². The molecule has 0 aliphatic heterocycles. The maximum Gasteiger partial charge on any atom is 0.256 e. The Labute approximate surface area is 136 Å². The zero-order valence-electron chi connectivity index (χ0n) is 14.1. The van der Waals surface area contributed by atoms with Crippen molar-refractivity contribution in [3.8, 4) is 0 Å². The molecule has 5 heteroatoms. The fourth-order valence-corrected chi connectivity index (χ4v) is 2.53. The van der Waals surface area contributed by atoms with Crippen molar-refractivity contribution in [3.05, 3.63) is 41.1 Å². The number of aryl methyl sites for hydroxylation is 2. The number of benzene rings is 1. The van der Waals surface area contributed by atoms with Gasteiger partial charge in [-0.2, -0.15) is 0 Å². The first kappa shape index (κ1) is 16.9. The topological polar surface area (TPSA) is 62.3 Å².